The Kier molecular flexibility index (Phi) is 6.59. The highest BCUT2D eigenvalue weighted by Gasteiger charge is 2.55. The second-order valence-corrected chi connectivity index (χ2v) is 10.1. The number of amides is 2. The Bertz CT molecular complexity index is 1180. The monoisotopic (exact) mass is 524 g/mol. The van der Waals surface area contributed by atoms with Crippen LogP contribution in [-0.2, 0) is 4.79 Å². The molecule has 1 spiro atoms. The first-order valence-electron chi connectivity index (χ1n) is 12.2. The van der Waals surface area contributed by atoms with Crippen molar-refractivity contribution in [1.29, 1.82) is 0 Å². The fourth-order valence-electron chi connectivity index (χ4n) is 5.46. The Morgan fingerprint density at radius 3 is 2.73 bits per heavy atom. The minimum absolute atomic E-state index is 0.148. The van der Waals surface area contributed by atoms with Crippen LogP contribution >= 0.6 is 0 Å². The average Bonchev–Trinajstić information content (AvgIpc) is 3.23. The molecule has 3 aliphatic rings. The van der Waals surface area contributed by atoms with Gasteiger partial charge in [-0.15, -0.1) is 0 Å². The van der Waals surface area contributed by atoms with Gasteiger partial charge in [-0.25, -0.2) is 9.37 Å². The molecule has 0 bridgehead atoms. The summed E-state index contributed by atoms with van der Waals surface area (Å²) in [4.78, 5) is 33.1. The van der Waals surface area contributed by atoms with E-state index < -0.39 is 24.1 Å². The first kappa shape index (κ1) is 25.4. The van der Waals surface area contributed by atoms with E-state index in [-0.39, 0.29) is 47.5 Å². The first-order valence-corrected chi connectivity index (χ1v) is 12.2. The number of alkyl halides is 3. The summed E-state index contributed by atoms with van der Waals surface area (Å²) in [7, 11) is 1.42. The number of rotatable bonds is 6. The lowest BCUT2D eigenvalue weighted by molar-refractivity contribution is -0.143. The quantitative estimate of drug-likeness (QED) is 0.564. The van der Waals surface area contributed by atoms with Gasteiger partial charge in [-0.05, 0) is 38.2 Å². The molecule has 37 heavy (non-hydrogen) atoms. The van der Waals surface area contributed by atoms with E-state index in [2.05, 4.69) is 20.5 Å². The lowest BCUT2D eigenvalue weighted by Gasteiger charge is -2.39. The molecule has 2 aromatic heterocycles. The number of piperidine rings is 1. The summed E-state index contributed by atoms with van der Waals surface area (Å²) in [6, 6.07) is 2.59. The lowest BCUT2D eigenvalue weighted by atomic mass is 9.87. The third kappa shape index (κ3) is 5.41. The van der Waals surface area contributed by atoms with Crippen LogP contribution in [0.1, 0.15) is 42.6 Å². The maximum absolute atomic E-state index is 14.3. The highest BCUT2D eigenvalue weighted by Crippen LogP contribution is 2.50. The van der Waals surface area contributed by atoms with Gasteiger partial charge >= 0.3 is 6.18 Å². The van der Waals surface area contributed by atoms with Crippen molar-refractivity contribution in [2.75, 3.05) is 33.3 Å². The molecule has 4 heterocycles. The molecule has 1 saturated carbocycles. The SMILES string of the molecule is COc1cc(-c2cc(C(=O)N3CC[C@H](C(=O)N[C@@H]4CCN(CC(F)(F)F)C4)CC34CC4)n[nH]2)c(F)cn1. The van der Waals surface area contributed by atoms with Crippen LogP contribution in [0.4, 0.5) is 17.6 Å². The summed E-state index contributed by atoms with van der Waals surface area (Å²) in [5.41, 5.74) is 0.210. The van der Waals surface area contributed by atoms with Crippen molar-refractivity contribution in [1.82, 2.24) is 30.3 Å². The van der Waals surface area contributed by atoms with E-state index in [0.717, 1.165) is 19.0 Å². The standard InChI is InChI=1S/C24H28F4N6O3/c1-37-20-8-16(17(25)11-29-20)18-9-19(32-31-18)22(36)34-7-2-14(10-23(34)4-5-23)21(35)30-15-3-6-33(12-15)13-24(26,27)28/h8-9,11,14-15H,2-7,10,12-13H2,1H3,(H,30,35)(H,31,32)/t14-,15+/m0/s1. The molecule has 0 unspecified atom stereocenters. The van der Waals surface area contributed by atoms with Crippen LogP contribution in [0.2, 0.25) is 0 Å². The van der Waals surface area contributed by atoms with E-state index in [1.807, 2.05) is 0 Å². The number of aromatic nitrogens is 3. The van der Waals surface area contributed by atoms with Crippen LogP contribution in [0.15, 0.2) is 18.3 Å². The van der Waals surface area contributed by atoms with Crippen LogP contribution in [0.5, 0.6) is 5.88 Å². The first-order chi connectivity index (χ1) is 17.6. The second kappa shape index (κ2) is 9.58. The van der Waals surface area contributed by atoms with Crippen molar-refractivity contribution in [3.8, 4) is 17.1 Å². The molecule has 2 saturated heterocycles. The minimum atomic E-state index is -4.26. The Morgan fingerprint density at radius 1 is 1.24 bits per heavy atom. The zero-order chi connectivity index (χ0) is 26.4. The molecule has 0 aromatic carbocycles. The van der Waals surface area contributed by atoms with Crippen LogP contribution in [-0.4, -0.2) is 87.8 Å². The van der Waals surface area contributed by atoms with Crippen molar-refractivity contribution >= 4 is 11.8 Å². The summed E-state index contributed by atoms with van der Waals surface area (Å²) in [6.45, 7) is -0.136. The fraction of sp³-hybridized carbons (Fsp3) is 0.583. The predicted octanol–water partition coefficient (Wildman–Crippen LogP) is 2.76. The van der Waals surface area contributed by atoms with E-state index >= 15 is 0 Å². The van der Waals surface area contributed by atoms with Gasteiger partial charge in [-0.3, -0.25) is 19.6 Å². The van der Waals surface area contributed by atoms with Crippen LogP contribution in [0.25, 0.3) is 11.3 Å². The average molecular weight is 525 g/mol. The normalized spacial score (nSPS) is 23.3. The molecule has 9 nitrogen and oxygen atoms in total. The molecule has 2 N–H and O–H groups in total. The third-order valence-electron chi connectivity index (χ3n) is 7.49. The van der Waals surface area contributed by atoms with E-state index in [0.29, 0.717) is 38.0 Å². The lowest BCUT2D eigenvalue weighted by Crippen LogP contribution is -2.52. The molecule has 2 aliphatic heterocycles. The number of ether oxygens (including phenoxy) is 1. The van der Waals surface area contributed by atoms with Crippen molar-refractivity contribution in [3.63, 3.8) is 0 Å². The highest BCUT2D eigenvalue weighted by molar-refractivity contribution is 5.94. The van der Waals surface area contributed by atoms with E-state index in [4.69, 9.17) is 4.74 Å². The van der Waals surface area contributed by atoms with Gasteiger partial charge in [-0.1, -0.05) is 0 Å². The number of likely N-dealkylation sites (tertiary alicyclic amines) is 2. The van der Waals surface area contributed by atoms with Crippen molar-refractivity contribution in [2.24, 2.45) is 5.92 Å². The van der Waals surface area contributed by atoms with Gasteiger partial charge in [0.25, 0.3) is 5.91 Å². The summed E-state index contributed by atoms with van der Waals surface area (Å²) in [5, 5.41) is 9.73. The Morgan fingerprint density at radius 2 is 2.03 bits per heavy atom. The second-order valence-electron chi connectivity index (χ2n) is 10.1. The number of halogens is 4. The number of pyridine rings is 1. The number of methoxy groups -OCH3 is 1. The molecule has 13 heteroatoms. The number of carbonyl (C=O) groups excluding carboxylic acids is 2. The van der Waals surface area contributed by atoms with Crippen molar-refractivity contribution in [3.05, 3.63) is 29.8 Å². The molecule has 0 radical (unpaired) electrons. The highest BCUT2D eigenvalue weighted by atomic mass is 19.4. The molecular weight excluding hydrogens is 496 g/mol. The third-order valence-corrected chi connectivity index (χ3v) is 7.49. The van der Waals surface area contributed by atoms with Gasteiger partial charge in [0.15, 0.2) is 11.5 Å². The molecule has 2 atom stereocenters. The molecule has 5 rings (SSSR count). The molecule has 3 fully saturated rings. The number of H-pyrrole nitrogens is 1. The number of nitrogens with zero attached hydrogens (tertiary/aromatic N) is 4. The Hall–Kier alpha value is -3.22. The largest absolute Gasteiger partial charge is 0.481 e. The van der Waals surface area contributed by atoms with Gasteiger partial charge in [0.05, 0.1) is 25.5 Å². The van der Waals surface area contributed by atoms with Crippen LogP contribution in [0, 0.1) is 11.7 Å². The number of hydrogen-bond donors (Lipinski definition) is 2. The molecule has 2 aromatic rings. The van der Waals surface area contributed by atoms with E-state index in [9.17, 15) is 27.2 Å². The smallest absolute Gasteiger partial charge is 0.401 e. The topological polar surface area (TPSA) is 103 Å². The maximum Gasteiger partial charge on any atom is 0.401 e. The summed E-state index contributed by atoms with van der Waals surface area (Å²) in [5.74, 6) is -1.13. The van der Waals surface area contributed by atoms with Crippen LogP contribution in [0.3, 0.4) is 0 Å². The Labute approximate surface area is 210 Å². The molecular formula is C24H28F4N6O3. The number of aromatic amines is 1. The Balaban J connectivity index is 1.20. The zero-order valence-electron chi connectivity index (χ0n) is 20.3. The van der Waals surface area contributed by atoms with Gasteiger partial charge in [0, 0.05) is 48.8 Å². The van der Waals surface area contributed by atoms with Gasteiger partial charge in [0.1, 0.15) is 0 Å². The predicted molar refractivity (Wildman–Crippen MR) is 123 cm³/mol. The maximum atomic E-state index is 14.3. The molecule has 1 aliphatic carbocycles. The summed E-state index contributed by atoms with van der Waals surface area (Å²) < 4.78 is 57.3. The van der Waals surface area contributed by atoms with Crippen molar-refractivity contribution in [2.45, 2.75) is 49.9 Å². The number of nitrogens with one attached hydrogen (secondary N) is 2. The summed E-state index contributed by atoms with van der Waals surface area (Å²) >= 11 is 0. The van der Waals surface area contributed by atoms with Gasteiger partial charge in [-0.2, -0.15) is 18.3 Å². The molecule has 2 amide bonds. The zero-order valence-corrected chi connectivity index (χ0v) is 20.3. The van der Waals surface area contributed by atoms with Crippen molar-refractivity contribution < 1.29 is 31.9 Å². The van der Waals surface area contributed by atoms with E-state index in [1.165, 1.54) is 24.1 Å². The van der Waals surface area contributed by atoms with Crippen LogP contribution < -0.4 is 10.1 Å². The molecule has 200 valence electrons. The summed E-state index contributed by atoms with van der Waals surface area (Å²) in [6.07, 6.45) is -0.272. The minimum Gasteiger partial charge on any atom is -0.481 e. The number of hydrogen-bond acceptors (Lipinski definition) is 6. The number of carbonyl (C=O) groups is 2. The van der Waals surface area contributed by atoms with Gasteiger partial charge < -0.3 is 15.0 Å². The van der Waals surface area contributed by atoms with Gasteiger partial charge in [0.2, 0.25) is 11.8 Å². The van der Waals surface area contributed by atoms with E-state index in [1.54, 1.807) is 4.90 Å². The fourth-order valence-corrected chi connectivity index (χ4v) is 5.46.